The van der Waals surface area contributed by atoms with Crippen molar-refractivity contribution in [3.8, 4) is 0 Å². The highest BCUT2D eigenvalue weighted by Crippen LogP contribution is 2.06. The molecule has 17 heavy (non-hydrogen) atoms. The molecule has 1 fully saturated rings. The van der Waals surface area contributed by atoms with E-state index in [9.17, 15) is 9.59 Å². The minimum Gasteiger partial charge on any atom is -0.480 e. The summed E-state index contributed by atoms with van der Waals surface area (Å²) >= 11 is 0. The fraction of sp³-hybridized carbons (Fsp3) is 0.818. The van der Waals surface area contributed by atoms with E-state index in [2.05, 4.69) is 5.32 Å². The van der Waals surface area contributed by atoms with E-state index in [4.69, 9.17) is 5.11 Å². The number of likely N-dealkylation sites (N-methyl/N-ethyl adjacent to an activating group) is 1. The molecule has 1 saturated heterocycles. The van der Waals surface area contributed by atoms with Crippen molar-refractivity contribution in [2.45, 2.75) is 19.9 Å². The van der Waals surface area contributed by atoms with Crippen LogP contribution in [0.3, 0.4) is 0 Å². The lowest BCUT2D eigenvalue weighted by Gasteiger charge is -2.36. The van der Waals surface area contributed by atoms with Gasteiger partial charge in [-0.3, -0.25) is 14.5 Å². The molecule has 1 aliphatic rings. The summed E-state index contributed by atoms with van der Waals surface area (Å²) in [5.41, 5.74) is 0. The number of carbonyl (C=O) groups excluding carboxylic acids is 1. The summed E-state index contributed by atoms with van der Waals surface area (Å²) in [5.74, 6) is -0.716. The van der Waals surface area contributed by atoms with Crippen LogP contribution < -0.4 is 5.32 Å². The molecule has 1 aliphatic heterocycles. The summed E-state index contributed by atoms with van der Waals surface area (Å²) in [6, 6.07) is -0.471. The number of carbonyl (C=O) groups is 2. The zero-order valence-corrected chi connectivity index (χ0v) is 10.5. The molecule has 1 atom stereocenters. The number of hydrogen-bond acceptors (Lipinski definition) is 4. The summed E-state index contributed by atoms with van der Waals surface area (Å²) in [5, 5.41) is 11.9. The number of nitrogens with one attached hydrogen (secondary N) is 1. The Balaban J connectivity index is 2.35. The van der Waals surface area contributed by atoms with Gasteiger partial charge in [-0.1, -0.05) is 6.92 Å². The van der Waals surface area contributed by atoms with E-state index < -0.39 is 12.0 Å². The van der Waals surface area contributed by atoms with E-state index in [0.717, 1.165) is 6.54 Å². The maximum atomic E-state index is 11.7. The van der Waals surface area contributed by atoms with Crippen LogP contribution in [0.25, 0.3) is 0 Å². The topological polar surface area (TPSA) is 72.9 Å². The average Bonchev–Trinajstić information content (AvgIpc) is 2.35. The van der Waals surface area contributed by atoms with Crippen LogP contribution in [0.4, 0.5) is 0 Å². The van der Waals surface area contributed by atoms with Gasteiger partial charge in [-0.05, 0) is 13.5 Å². The lowest BCUT2D eigenvalue weighted by molar-refractivity contribution is -0.143. The van der Waals surface area contributed by atoms with Crippen LogP contribution in [-0.4, -0.2) is 72.1 Å². The van der Waals surface area contributed by atoms with Crippen molar-refractivity contribution in [1.29, 1.82) is 0 Å². The summed E-state index contributed by atoms with van der Waals surface area (Å²) in [6.07, 6.45) is 0. The zero-order chi connectivity index (χ0) is 12.8. The van der Waals surface area contributed by atoms with Crippen LogP contribution in [-0.2, 0) is 9.59 Å². The van der Waals surface area contributed by atoms with Crippen LogP contribution in [0, 0.1) is 0 Å². The Bertz CT molecular complexity index is 275. The quantitative estimate of drug-likeness (QED) is 0.662. The molecule has 0 aromatic rings. The molecule has 1 rings (SSSR count). The van der Waals surface area contributed by atoms with E-state index in [-0.39, 0.29) is 5.91 Å². The SMILES string of the molecule is CCNCC(=O)N1CCN(C(C)C(=O)O)CC1. The third-order valence-electron chi connectivity index (χ3n) is 3.10. The Hall–Kier alpha value is -1.14. The first-order valence-corrected chi connectivity index (χ1v) is 6.01. The summed E-state index contributed by atoms with van der Waals surface area (Å²) in [7, 11) is 0. The number of aliphatic carboxylic acids is 1. The van der Waals surface area contributed by atoms with Crippen LogP contribution >= 0.6 is 0 Å². The van der Waals surface area contributed by atoms with E-state index in [1.807, 2.05) is 11.8 Å². The molecule has 98 valence electrons. The van der Waals surface area contributed by atoms with Crippen molar-refractivity contribution < 1.29 is 14.7 Å². The van der Waals surface area contributed by atoms with Gasteiger partial charge < -0.3 is 15.3 Å². The van der Waals surface area contributed by atoms with Gasteiger partial charge in [-0.15, -0.1) is 0 Å². The normalized spacial score (nSPS) is 19.1. The number of rotatable bonds is 5. The predicted molar refractivity (Wildman–Crippen MR) is 63.8 cm³/mol. The molecular weight excluding hydrogens is 222 g/mol. The van der Waals surface area contributed by atoms with Crippen molar-refractivity contribution in [3.05, 3.63) is 0 Å². The highest BCUT2D eigenvalue weighted by molar-refractivity contribution is 5.78. The van der Waals surface area contributed by atoms with Crippen molar-refractivity contribution in [2.75, 3.05) is 39.3 Å². The standard InChI is InChI=1S/C11H21N3O3/c1-3-12-8-10(15)14-6-4-13(5-7-14)9(2)11(16)17/h9,12H,3-8H2,1-2H3,(H,16,17). The molecular formula is C11H21N3O3. The molecule has 2 N–H and O–H groups in total. The second-order valence-corrected chi connectivity index (χ2v) is 4.21. The first-order valence-electron chi connectivity index (χ1n) is 6.01. The monoisotopic (exact) mass is 243 g/mol. The van der Waals surface area contributed by atoms with E-state index in [0.29, 0.717) is 32.7 Å². The van der Waals surface area contributed by atoms with Gasteiger partial charge in [0.2, 0.25) is 5.91 Å². The van der Waals surface area contributed by atoms with Gasteiger partial charge in [0, 0.05) is 26.2 Å². The Labute approximate surface area is 102 Å². The number of amides is 1. The molecule has 0 aliphatic carbocycles. The molecule has 0 bridgehead atoms. The Morgan fingerprint density at radius 3 is 2.35 bits per heavy atom. The molecule has 0 aromatic carbocycles. The molecule has 1 heterocycles. The molecule has 1 unspecified atom stereocenters. The van der Waals surface area contributed by atoms with Gasteiger partial charge >= 0.3 is 5.97 Å². The van der Waals surface area contributed by atoms with Crippen molar-refractivity contribution >= 4 is 11.9 Å². The number of piperazine rings is 1. The van der Waals surface area contributed by atoms with E-state index in [1.165, 1.54) is 0 Å². The number of nitrogens with zero attached hydrogens (tertiary/aromatic N) is 2. The molecule has 0 saturated carbocycles. The number of carboxylic acids is 1. The maximum absolute atomic E-state index is 11.7. The molecule has 0 radical (unpaired) electrons. The lowest BCUT2D eigenvalue weighted by atomic mass is 10.2. The third kappa shape index (κ3) is 3.98. The van der Waals surface area contributed by atoms with Gasteiger partial charge in [0.05, 0.1) is 6.54 Å². The second kappa shape index (κ2) is 6.56. The lowest BCUT2D eigenvalue weighted by Crippen LogP contribution is -2.54. The Kier molecular flexibility index (Phi) is 5.37. The van der Waals surface area contributed by atoms with Crippen molar-refractivity contribution in [2.24, 2.45) is 0 Å². The largest absolute Gasteiger partial charge is 0.480 e. The molecule has 0 aromatic heterocycles. The zero-order valence-electron chi connectivity index (χ0n) is 10.5. The second-order valence-electron chi connectivity index (χ2n) is 4.21. The van der Waals surface area contributed by atoms with Gasteiger partial charge in [-0.2, -0.15) is 0 Å². The van der Waals surface area contributed by atoms with Crippen molar-refractivity contribution in [1.82, 2.24) is 15.1 Å². The molecule has 0 spiro atoms. The fourth-order valence-corrected chi connectivity index (χ4v) is 1.86. The van der Waals surface area contributed by atoms with E-state index in [1.54, 1.807) is 11.8 Å². The fourth-order valence-electron chi connectivity index (χ4n) is 1.86. The van der Waals surface area contributed by atoms with Gasteiger partial charge in [-0.25, -0.2) is 0 Å². The molecule has 6 heteroatoms. The summed E-state index contributed by atoms with van der Waals surface area (Å²) < 4.78 is 0. The summed E-state index contributed by atoms with van der Waals surface area (Å²) in [4.78, 5) is 26.2. The molecule has 1 amide bonds. The Morgan fingerprint density at radius 2 is 1.88 bits per heavy atom. The number of hydrogen-bond donors (Lipinski definition) is 2. The first kappa shape index (κ1) is 13.9. The number of carboxylic acid groups (broad SMARTS) is 1. The van der Waals surface area contributed by atoms with Gasteiger partial charge in [0.15, 0.2) is 0 Å². The van der Waals surface area contributed by atoms with Crippen LogP contribution in [0.1, 0.15) is 13.8 Å². The molecule has 6 nitrogen and oxygen atoms in total. The highest BCUT2D eigenvalue weighted by atomic mass is 16.4. The first-order chi connectivity index (χ1) is 8.06. The van der Waals surface area contributed by atoms with Gasteiger partial charge in [0.1, 0.15) is 6.04 Å². The predicted octanol–water partition coefficient (Wildman–Crippen LogP) is -0.787. The summed E-state index contributed by atoms with van der Waals surface area (Å²) in [6.45, 7) is 7.27. The third-order valence-corrected chi connectivity index (χ3v) is 3.10. The van der Waals surface area contributed by atoms with Crippen LogP contribution in [0.2, 0.25) is 0 Å². The smallest absolute Gasteiger partial charge is 0.320 e. The Morgan fingerprint density at radius 1 is 1.29 bits per heavy atom. The minimum absolute atomic E-state index is 0.0921. The van der Waals surface area contributed by atoms with E-state index >= 15 is 0 Å². The van der Waals surface area contributed by atoms with Crippen LogP contribution in [0.5, 0.6) is 0 Å². The maximum Gasteiger partial charge on any atom is 0.320 e. The van der Waals surface area contributed by atoms with Crippen molar-refractivity contribution in [3.63, 3.8) is 0 Å². The average molecular weight is 243 g/mol. The highest BCUT2D eigenvalue weighted by Gasteiger charge is 2.26. The van der Waals surface area contributed by atoms with Gasteiger partial charge in [0.25, 0.3) is 0 Å². The minimum atomic E-state index is -0.808. The van der Waals surface area contributed by atoms with Crippen LogP contribution in [0.15, 0.2) is 0 Å².